The van der Waals surface area contributed by atoms with Gasteiger partial charge in [0.1, 0.15) is 0 Å². The molecule has 0 N–H and O–H groups in total. The van der Waals surface area contributed by atoms with E-state index < -0.39 is 23.7 Å². The van der Waals surface area contributed by atoms with Gasteiger partial charge in [-0.3, -0.25) is 0 Å². The summed E-state index contributed by atoms with van der Waals surface area (Å²) in [6.07, 6.45) is 6.07. The molecule has 0 aliphatic heterocycles. The van der Waals surface area contributed by atoms with Crippen LogP contribution in [-0.2, 0) is 0 Å². The predicted molar refractivity (Wildman–Crippen MR) is 81.7 cm³/mol. The van der Waals surface area contributed by atoms with Crippen molar-refractivity contribution in [1.29, 1.82) is 0 Å². The zero-order valence-electron chi connectivity index (χ0n) is 13.2. The monoisotopic (exact) mass is 346 g/mol. The number of rotatable bonds is 4. The molecule has 1 aromatic rings. The van der Waals surface area contributed by atoms with E-state index in [4.69, 9.17) is 0 Å². The summed E-state index contributed by atoms with van der Waals surface area (Å²) in [6.45, 7) is 1.93. The van der Waals surface area contributed by atoms with Crippen LogP contribution in [0.25, 0.3) is 0 Å². The van der Waals surface area contributed by atoms with Crippen LogP contribution >= 0.6 is 0 Å². The summed E-state index contributed by atoms with van der Waals surface area (Å²) < 4.78 is 67.5. The number of hydrogen-bond acceptors (Lipinski definition) is 1. The van der Waals surface area contributed by atoms with Gasteiger partial charge in [-0.1, -0.05) is 24.3 Å². The highest BCUT2D eigenvalue weighted by atomic mass is 19.4. The van der Waals surface area contributed by atoms with E-state index in [1.54, 1.807) is 0 Å². The maximum absolute atomic E-state index is 13.8. The van der Waals surface area contributed by atoms with Crippen molar-refractivity contribution in [2.75, 3.05) is 0 Å². The summed E-state index contributed by atoms with van der Waals surface area (Å²) in [6, 6.07) is 1.90. The Kier molecular flexibility index (Phi) is 6.02. The molecule has 0 saturated heterocycles. The molecule has 1 aromatic carbocycles. The van der Waals surface area contributed by atoms with Gasteiger partial charge in [-0.15, -0.1) is 13.2 Å². The van der Waals surface area contributed by atoms with Gasteiger partial charge in [-0.2, -0.15) is 0 Å². The molecule has 24 heavy (non-hydrogen) atoms. The Bertz CT molecular complexity index is 587. The van der Waals surface area contributed by atoms with E-state index in [9.17, 15) is 22.0 Å². The molecular weight excluding hydrogens is 327 g/mol. The summed E-state index contributed by atoms with van der Waals surface area (Å²) in [5, 5.41) is 0. The topological polar surface area (TPSA) is 9.23 Å². The third-order valence-corrected chi connectivity index (χ3v) is 4.17. The maximum atomic E-state index is 13.8. The van der Waals surface area contributed by atoms with E-state index in [1.165, 1.54) is 0 Å². The standard InChI is InChI=1S/C18H19F5O/c1-2-3-4-5-12-6-8-13(9-7-12)14-10-15(19)17(16(20)11-14)24-18(21,22)23/h2-5,10-13H,6-9H2,1H3. The first-order valence-electron chi connectivity index (χ1n) is 7.84. The number of ether oxygens (including phenoxy) is 1. The smallest absolute Gasteiger partial charge is 0.399 e. The van der Waals surface area contributed by atoms with Crippen molar-refractivity contribution in [2.45, 2.75) is 44.9 Å². The van der Waals surface area contributed by atoms with Crippen molar-refractivity contribution in [1.82, 2.24) is 0 Å². The Balaban J connectivity index is 2.06. The van der Waals surface area contributed by atoms with Gasteiger partial charge in [0.15, 0.2) is 11.6 Å². The Morgan fingerprint density at radius 1 is 1.00 bits per heavy atom. The van der Waals surface area contributed by atoms with E-state index in [-0.39, 0.29) is 5.92 Å². The van der Waals surface area contributed by atoms with Gasteiger partial charge >= 0.3 is 6.36 Å². The fourth-order valence-electron chi connectivity index (χ4n) is 3.01. The van der Waals surface area contributed by atoms with Crippen LogP contribution in [0.4, 0.5) is 22.0 Å². The minimum Gasteiger partial charge on any atom is -0.399 e. The molecule has 1 aliphatic carbocycles. The molecule has 0 radical (unpaired) electrons. The highest BCUT2D eigenvalue weighted by Crippen LogP contribution is 2.39. The molecule has 6 heteroatoms. The van der Waals surface area contributed by atoms with Crippen LogP contribution in [0.3, 0.4) is 0 Å². The third-order valence-electron chi connectivity index (χ3n) is 4.17. The first kappa shape index (κ1) is 18.5. The van der Waals surface area contributed by atoms with Crippen LogP contribution < -0.4 is 4.74 Å². The minimum absolute atomic E-state index is 0.0553. The van der Waals surface area contributed by atoms with Crippen molar-refractivity contribution >= 4 is 0 Å². The molecule has 1 saturated carbocycles. The Labute approximate surface area is 137 Å². The summed E-state index contributed by atoms with van der Waals surface area (Å²) >= 11 is 0. The second kappa shape index (κ2) is 7.81. The molecule has 2 rings (SSSR count). The molecule has 0 heterocycles. The lowest BCUT2D eigenvalue weighted by atomic mass is 9.78. The second-order valence-corrected chi connectivity index (χ2v) is 5.88. The predicted octanol–water partition coefficient (Wildman–Crippen LogP) is 6.27. The number of alkyl halides is 3. The fraction of sp³-hybridized carbons (Fsp3) is 0.444. The van der Waals surface area contributed by atoms with Crippen LogP contribution in [0.1, 0.15) is 44.1 Å². The van der Waals surface area contributed by atoms with Crippen molar-refractivity contribution in [3.63, 3.8) is 0 Å². The van der Waals surface area contributed by atoms with Gasteiger partial charge in [-0.05, 0) is 62.1 Å². The third kappa shape index (κ3) is 5.08. The molecule has 0 unspecified atom stereocenters. The SMILES string of the molecule is CC=CC=CC1CCC(c2cc(F)c(OC(F)(F)F)c(F)c2)CC1. The maximum Gasteiger partial charge on any atom is 0.573 e. The van der Waals surface area contributed by atoms with E-state index in [2.05, 4.69) is 10.8 Å². The van der Waals surface area contributed by atoms with Gasteiger partial charge in [0.2, 0.25) is 5.75 Å². The first-order chi connectivity index (χ1) is 11.3. The largest absolute Gasteiger partial charge is 0.573 e. The lowest BCUT2D eigenvalue weighted by molar-refractivity contribution is -0.276. The average Bonchev–Trinajstić information content (AvgIpc) is 2.51. The Morgan fingerprint density at radius 3 is 2.08 bits per heavy atom. The normalized spacial score (nSPS) is 22.4. The van der Waals surface area contributed by atoms with E-state index in [0.717, 1.165) is 37.8 Å². The molecule has 0 amide bonds. The first-order valence-corrected chi connectivity index (χ1v) is 7.84. The quantitative estimate of drug-likeness (QED) is 0.461. The summed E-state index contributed by atoms with van der Waals surface area (Å²) in [5.74, 6) is -3.68. The molecular formula is C18H19F5O. The van der Waals surface area contributed by atoms with Crippen molar-refractivity contribution < 1.29 is 26.7 Å². The van der Waals surface area contributed by atoms with Crippen molar-refractivity contribution in [3.8, 4) is 5.75 Å². The molecule has 1 nitrogen and oxygen atoms in total. The lowest BCUT2D eigenvalue weighted by Crippen LogP contribution is -2.19. The second-order valence-electron chi connectivity index (χ2n) is 5.88. The Hall–Kier alpha value is -1.85. The highest BCUT2D eigenvalue weighted by molar-refractivity contribution is 5.33. The van der Waals surface area contributed by atoms with Gasteiger partial charge in [0.25, 0.3) is 0 Å². The summed E-state index contributed by atoms with van der Waals surface area (Å²) in [5.41, 5.74) is 0.385. The van der Waals surface area contributed by atoms with Gasteiger partial charge in [0.05, 0.1) is 0 Å². The van der Waals surface area contributed by atoms with Crippen LogP contribution in [0.2, 0.25) is 0 Å². The zero-order valence-corrected chi connectivity index (χ0v) is 13.2. The fourth-order valence-corrected chi connectivity index (χ4v) is 3.01. The van der Waals surface area contributed by atoms with Crippen LogP contribution in [0.5, 0.6) is 5.75 Å². The van der Waals surface area contributed by atoms with Crippen LogP contribution in [0.15, 0.2) is 36.4 Å². The van der Waals surface area contributed by atoms with Crippen LogP contribution in [0, 0.1) is 17.6 Å². The number of hydrogen-bond donors (Lipinski definition) is 0. The van der Waals surface area contributed by atoms with E-state index in [1.807, 2.05) is 25.2 Å². The molecule has 0 bridgehead atoms. The summed E-state index contributed by atoms with van der Waals surface area (Å²) in [7, 11) is 0. The molecule has 1 aliphatic rings. The molecule has 0 spiro atoms. The zero-order chi connectivity index (χ0) is 17.7. The number of allylic oxidation sites excluding steroid dienone is 4. The Morgan fingerprint density at radius 2 is 1.58 bits per heavy atom. The van der Waals surface area contributed by atoms with Crippen LogP contribution in [-0.4, -0.2) is 6.36 Å². The molecule has 1 fully saturated rings. The van der Waals surface area contributed by atoms with E-state index >= 15 is 0 Å². The molecule has 132 valence electrons. The van der Waals surface area contributed by atoms with E-state index in [0.29, 0.717) is 11.5 Å². The van der Waals surface area contributed by atoms with Crippen molar-refractivity contribution in [2.24, 2.45) is 5.92 Å². The molecule has 0 aromatic heterocycles. The highest BCUT2D eigenvalue weighted by Gasteiger charge is 2.34. The summed E-state index contributed by atoms with van der Waals surface area (Å²) in [4.78, 5) is 0. The molecule has 0 atom stereocenters. The number of benzene rings is 1. The van der Waals surface area contributed by atoms with Gasteiger partial charge in [-0.25, -0.2) is 8.78 Å². The lowest BCUT2D eigenvalue weighted by Gasteiger charge is -2.27. The number of halogens is 5. The van der Waals surface area contributed by atoms with Gasteiger partial charge < -0.3 is 4.74 Å². The van der Waals surface area contributed by atoms with Crippen molar-refractivity contribution in [3.05, 3.63) is 53.6 Å². The average molecular weight is 346 g/mol. The van der Waals surface area contributed by atoms with Gasteiger partial charge in [0, 0.05) is 0 Å². The minimum atomic E-state index is -5.12.